The van der Waals surface area contributed by atoms with Gasteiger partial charge in [0.2, 0.25) is 5.95 Å². The zero-order valence-corrected chi connectivity index (χ0v) is 15.3. The van der Waals surface area contributed by atoms with Crippen molar-refractivity contribution >= 4 is 52.0 Å². The van der Waals surface area contributed by atoms with E-state index in [0.717, 1.165) is 11.4 Å². The summed E-state index contributed by atoms with van der Waals surface area (Å²) >= 11 is 12.3. The SMILES string of the molecule is CN(C)c1ccc(Nc2ccnc(Nc3c(Cl)cccc3Cl)n2)cc1. The van der Waals surface area contributed by atoms with Crippen molar-refractivity contribution in [3.05, 3.63) is 64.8 Å². The highest BCUT2D eigenvalue weighted by atomic mass is 35.5. The first-order valence-corrected chi connectivity index (χ1v) is 8.37. The Kier molecular flexibility index (Phi) is 5.26. The topological polar surface area (TPSA) is 53.1 Å². The summed E-state index contributed by atoms with van der Waals surface area (Å²) in [6.45, 7) is 0. The quantitative estimate of drug-likeness (QED) is 0.632. The second-order valence-corrected chi connectivity index (χ2v) is 6.37. The Labute approximate surface area is 156 Å². The standard InChI is InChI=1S/C18H17Cl2N5/c1-25(2)13-8-6-12(7-9-13)22-16-10-11-21-18(23-16)24-17-14(19)4-3-5-15(17)20/h3-11H,1-2H3,(H2,21,22,23,24). The Morgan fingerprint density at radius 1 is 0.880 bits per heavy atom. The van der Waals surface area contributed by atoms with Crippen LogP contribution in [-0.4, -0.2) is 24.1 Å². The van der Waals surface area contributed by atoms with Crippen molar-refractivity contribution in [2.24, 2.45) is 0 Å². The molecule has 128 valence electrons. The van der Waals surface area contributed by atoms with E-state index in [2.05, 4.69) is 20.6 Å². The molecule has 0 fully saturated rings. The summed E-state index contributed by atoms with van der Waals surface area (Å²) in [4.78, 5) is 10.7. The van der Waals surface area contributed by atoms with Gasteiger partial charge in [0.05, 0.1) is 15.7 Å². The maximum atomic E-state index is 6.17. The smallest absolute Gasteiger partial charge is 0.229 e. The zero-order valence-electron chi connectivity index (χ0n) is 13.8. The van der Waals surface area contributed by atoms with Gasteiger partial charge in [0, 0.05) is 31.7 Å². The maximum absolute atomic E-state index is 6.17. The van der Waals surface area contributed by atoms with Crippen LogP contribution >= 0.6 is 23.2 Å². The second kappa shape index (κ2) is 7.59. The van der Waals surface area contributed by atoms with Crippen molar-refractivity contribution in [1.82, 2.24) is 9.97 Å². The number of nitrogens with one attached hydrogen (secondary N) is 2. The summed E-state index contributed by atoms with van der Waals surface area (Å²) in [5.41, 5.74) is 2.65. The molecule has 0 saturated heterocycles. The number of hydrogen-bond acceptors (Lipinski definition) is 5. The normalized spacial score (nSPS) is 10.4. The molecule has 0 atom stereocenters. The minimum atomic E-state index is 0.407. The van der Waals surface area contributed by atoms with Crippen molar-refractivity contribution in [3.8, 4) is 0 Å². The lowest BCUT2D eigenvalue weighted by atomic mass is 10.2. The van der Waals surface area contributed by atoms with Crippen LogP contribution in [0.5, 0.6) is 0 Å². The molecule has 25 heavy (non-hydrogen) atoms. The van der Waals surface area contributed by atoms with Crippen molar-refractivity contribution in [1.29, 1.82) is 0 Å². The number of aromatic nitrogens is 2. The second-order valence-electron chi connectivity index (χ2n) is 5.55. The summed E-state index contributed by atoms with van der Waals surface area (Å²) < 4.78 is 0. The molecule has 3 aromatic rings. The molecular weight excluding hydrogens is 357 g/mol. The fourth-order valence-electron chi connectivity index (χ4n) is 2.21. The maximum Gasteiger partial charge on any atom is 0.229 e. The Bertz CT molecular complexity index is 845. The van der Waals surface area contributed by atoms with Crippen LogP contribution in [0, 0.1) is 0 Å². The van der Waals surface area contributed by atoms with Crippen molar-refractivity contribution in [2.75, 3.05) is 29.6 Å². The van der Waals surface area contributed by atoms with Gasteiger partial charge in [-0.25, -0.2) is 4.98 Å². The Morgan fingerprint density at radius 2 is 1.56 bits per heavy atom. The van der Waals surface area contributed by atoms with Crippen molar-refractivity contribution in [3.63, 3.8) is 0 Å². The monoisotopic (exact) mass is 373 g/mol. The van der Waals surface area contributed by atoms with Crippen LogP contribution in [0.1, 0.15) is 0 Å². The van der Waals surface area contributed by atoms with Gasteiger partial charge in [0.25, 0.3) is 0 Å². The lowest BCUT2D eigenvalue weighted by Gasteiger charge is -2.13. The average molecular weight is 374 g/mol. The van der Waals surface area contributed by atoms with Crippen LogP contribution in [-0.2, 0) is 0 Å². The molecule has 1 heterocycles. The van der Waals surface area contributed by atoms with Gasteiger partial charge in [-0.05, 0) is 42.5 Å². The van der Waals surface area contributed by atoms with Crippen LogP contribution in [0.25, 0.3) is 0 Å². The molecule has 0 aliphatic carbocycles. The van der Waals surface area contributed by atoms with Gasteiger partial charge in [-0.2, -0.15) is 4.98 Å². The van der Waals surface area contributed by atoms with E-state index in [1.165, 1.54) is 0 Å². The number of nitrogens with zero attached hydrogens (tertiary/aromatic N) is 3. The largest absolute Gasteiger partial charge is 0.378 e. The molecule has 0 unspecified atom stereocenters. The molecule has 0 bridgehead atoms. The van der Waals surface area contributed by atoms with Gasteiger partial charge >= 0.3 is 0 Å². The van der Waals surface area contributed by atoms with Crippen LogP contribution in [0.4, 0.5) is 28.8 Å². The molecule has 2 N–H and O–H groups in total. The minimum absolute atomic E-state index is 0.407. The molecule has 0 aliphatic rings. The number of para-hydroxylation sites is 1. The van der Waals surface area contributed by atoms with E-state index >= 15 is 0 Å². The minimum Gasteiger partial charge on any atom is -0.378 e. The molecule has 1 aromatic heterocycles. The van der Waals surface area contributed by atoms with E-state index < -0.39 is 0 Å². The molecule has 0 amide bonds. The molecule has 0 spiro atoms. The number of halogens is 2. The summed E-state index contributed by atoms with van der Waals surface area (Å²) in [5.74, 6) is 1.07. The highest BCUT2D eigenvalue weighted by Crippen LogP contribution is 2.31. The molecule has 0 radical (unpaired) electrons. The molecule has 5 nitrogen and oxygen atoms in total. The summed E-state index contributed by atoms with van der Waals surface area (Å²) in [5, 5.41) is 7.32. The van der Waals surface area contributed by atoms with Gasteiger partial charge in [-0.1, -0.05) is 29.3 Å². The van der Waals surface area contributed by atoms with E-state index in [0.29, 0.717) is 27.5 Å². The first-order chi connectivity index (χ1) is 12.0. The molecule has 2 aromatic carbocycles. The predicted molar refractivity (Wildman–Crippen MR) is 106 cm³/mol. The lowest BCUT2D eigenvalue weighted by Crippen LogP contribution is -2.08. The number of hydrogen-bond donors (Lipinski definition) is 2. The van der Waals surface area contributed by atoms with Gasteiger partial charge in [0.1, 0.15) is 5.82 Å². The Morgan fingerprint density at radius 3 is 2.20 bits per heavy atom. The molecule has 0 saturated carbocycles. The van der Waals surface area contributed by atoms with Crippen molar-refractivity contribution in [2.45, 2.75) is 0 Å². The van der Waals surface area contributed by atoms with E-state index in [4.69, 9.17) is 23.2 Å². The van der Waals surface area contributed by atoms with E-state index in [1.807, 2.05) is 43.3 Å². The highest BCUT2D eigenvalue weighted by Gasteiger charge is 2.08. The fraction of sp³-hybridized carbons (Fsp3) is 0.111. The first kappa shape index (κ1) is 17.3. The summed E-state index contributed by atoms with van der Waals surface area (Å²) in [7, 11) is 4.01. The van der Waals surface area contributed by atoms with E-state index in [9.17, 15) is 0 Å². The zero-order chi connectivity index (χ0) is 17.8. The van der Waals surface area contributed by atoms with Gasteiger partial charge in [-0.3, -0.25) is 0 Å². The Balaban J connectivity index is 1.77. The number of rotatable bonds is 5. The van der Waals surface area contributed by atoms with E-state index in [-0.39, 0.29) is 0 Å². The van der Waals surface area contributed by atoms with E-state index in [1.54, 1.807) is 30.5 Å². The molecule has 0 aliphatic heterocycles. The average Bonchev–Trinajstić information content (AvgIpc) is 2.59. The molecular formula is C18H17Cl2N5. The molecule has 7 heteroatoms. The van der Waals surface area contributed by atoms with Crippen LogP contribution in [0.15, 0.2) is 54.7 Å². The van der Waals surface area contributed by atoms with Gasteiger partial charge in [-0.15, -0.1) is 0 Å². The summed E-state index contributed by atoms with van der Waals surface area (Å²) in [6.07, 6.45) is 1.66. The Hall–Kier alpha value is -2.50. The predicted octanol–water partition coefficient (Wildman–Crippen LogP) is 5.34. The third-order valence-electron chi connectivity index (χ3n) is 3.51. The fourth-order valence-corrected chi connectivity index (χ4v) is 2.70. The number of anilines is 5. The van der Waals surface area contributed by atoms with Crippen LogP contribution in [0.3, 0.4) is 0 Å². The van der Waals surface area contributed by atoms with Crippen molar-refractivity contribution < 1.29 is 0 Å². The first-order valence-electron chi connectivity index (χ1n) is 7.61. The third kappa shape index (κ3) is 4.32. The summed E-state index contributed by atoms with van der Waals surface area (Å²) in [6, 6.07) is 15.1. The lowest BCUT2D eigenvalue weighted by molar-refractivity contribution is 1.13. The van der Waals surface area contributed by atoms with Gasteiger partial charge in [0.15, 0.2) is 0 Å². The van der Waals surface area contributed by atoms with Crippen LogP contribution < -0.4 is 15.5 Å². The molecule has 3 rings (SSSR count). The number of benzene rings is 2. The van der Waals surface area contributed by atoms with Gasteiger partial charge < -0.3 is 15.5 Å². The van der Waals surface area contributed by atoms with Crippen LogP contribution in [0.2, 0.25) is 10.0 Å². The third-order valence-corrected chi connectivity index (χ3v) is 4.14. The highest BCUT2D eigenvalue weighted by molar-refractivity contribution is 6.39.